The molecule has 4 rings (SSSR count). The molecule has 2 aromatic carbocycles. The molecule has 108 valence electrons. The lowest BCUT2D eigenvalue weighted by Crippen LogP contribution is -1.91. The van der Waals surface area contributed by atoms with Gasteiger partial charge in [-0.25, -0.2) is 9.66 Å². The number of imidazole rings is 1. The predicted molar refractivity (Wildman–Crippen MR) is 88.3 cm³/mol. The molecule has 0 amide bonds. The summed E-state index contributed by atoms with van der Waals surface area (Å²) < 4.78 is 7.68. The van der Waals surface area contributed by atoms with Crippen LogP contribution in [-0.2, 0) is 6.42 Å². The molecule has 0 saturated heterocycles. The van der Waals surface area contributed by atoms with Crippen LogP contribution in [0.2, 0.25) is 0 Å². The normalized spacial score (nSPS) is 11.9. The van der Waals surface area contributed by atoms with E-state index in [1.807, 2.05) is 48.7 Å². The summed E-state index contributed by atoms with van der Waals surface area (Å²) in [5.74, 6) is 0.953. The third-order valence-electron chi connectivity index (χ3n) is 3.78. The fraction of sp³-hybridized carbons (Fsp3) is 0.111. The van der Waals surface area contributed by atoms with Gasteiger partial charge in [-0.3, -0.25) is 0 Å². The van der Waals surface area contributed by atoms with Gasteiger partial charge in [0, 0.05) is 17.4 Å². The average molecular weight is 289 g/mol. The molecule has 4 nitrogen and oxygen atoms in total. The van der Waals surface area contributed by atoms with Crippen molar-refractivity contribution < 1.29 is 4.42 Å². The van der Waals surface area contributed by atoms with Crippen LogP contribution >= 0.6 is 0 Å². The van der Waals surface area contributed by atoms with E-state index >= 15 is 0 Å². The van der Waals surface area contributed by atoms with Crippen LogP contribution in [0.1, 0.15) is 18.2 Å². The largest absolute Gasteiger partial charge is 0.460 e. The van der Waals surface area contributed by atoms with Gasteiger partial charge >= 0.3 is 0 Å². The zero-order valence-corrected chi connectivity index (χ0v) is 12.2. The van der Waals surface area contributed by atoms with Crippen molar-refractivity contribution in [1.82, 2.24) is 9.66 Å². The number of hydrogen-bond acceptors (Lipinski definition) is 3. The lowest BCUT2D eigenvalue weighted by Gasteiger charge is -1.96. The zero-order chi connectivity index (χ0) is 14.9. The molecule has 0 bridgehead atoms. The number of aromatic nitrogens is 2. The Balaban J connectivity index is 1.83. The van der Waals surface area contributed by atoms with Crippen LogP contribution in [0.5, 0.6) is 0 Å². The predicted octanol–water partition coefficient (Wildman–Crippen LogP) is 4.23. The smallest absolute Gasteiger partial charge is 0.134 e. The van der Waals surface area contributed by atoms with Gasteiger partial charge in [0.1, 0.15) is 17.7 Å². The minimum absolute atomic E-state index is 0.834. The highest BCUT2D eigenvalue weighted by molar-refractivity contribution is 5.99. The first kappa shape index (κ1) is 12.8. The van der Waals surface area contributed by atoms with E-state index in [0.717, 1.165) is 39.7 Å². The molecule has 0 radical (unpaired) electrons. The van der Waals surface area contributed by atoms with Crippen molar-refractivity contribution in [2.75, 3.05) is 0 Å². The van der Waals surface area contributed by atoms with Gasteiger partial charge in [0.2, 0.25) is 0 Å². The van der Waals surface area contributed by atoms with Crippen molar-refractivity contribution in [2.45, 2.75) is 13.3 Å². The number of hydrogen-bond donors (Lipinski definition) is 0. The first-order chi connectivity index (χ1) is 10.9. The third kappa shape index (κ3) is 2.00. The second-order valence-electron chi connectivity index (χ2n) is 5.11. The number of furan rings is 1. The van der Waals surface area contributed by atoms with Gasteiger partial charge in [-0.1, -0.05) is 37.3 Å². The van der Waals surface area contributed by atoms with Gasteiger partial charge < -0.3 is 4.42 Å². The average Bonchev–Trinajstić information content (AvgIpc) is 3.14. The number of fused-ring (bicyclic) bond motifs is 2. The first-order valence-electron chi connectivity index (χ1n) is 7.33. The van der Waals surface area contributed by atoms with E-state index in [0.29, 0.717) is 0 Å². The Hall–Kier alpha value is -2.88. The summed E-state index contributed by atoms with van der Waals surface area (Å²) in [5, 5.41) is 5.66. The van der Waals surface area contributed by atoms with Crippen molar-refractivity contribution >= 4 is 28.2 Å². The molecule has 0 N–H and O–H groups in total. The van der Waals surface area contributed by atoms with Crippen LogP contribution in [0.4, 0.5) is 0 Å². The van der Waals surface area contributed by atoms with E-state index in [-0.39, 0.29) is 0 Å². The summed E-state index contributed by atoms with van der Waals surface area (Å²) in [7, 11) is 0. The zero-order valence-electron chi connectivity index (χ0n) is 12.2. The molecular formula is C18H15N3O. The summed E-state index contributed by atoms with van der Waals surface area (Å²) in [6, 6.07) is 16.0. The number of rotatable bonds is 3. The molecule has 4 heteroatoms. The SMILES string of the molecule is CCc1oc2ccccc2c1/C=N\n1cnc2ccccc21. The van der Waals surface area contributed by atoms with Gasteiger partial charge in [0.05, 0.1) is 17.2 Å². The second-order valence-corrected chi connectivity index (χ2v) is 5.11. The van der Waals surface area contributed by atoms with E-state index in [4.69, 9.17) is 4.42 Å². The van der Waals surface area contributed by atoms with E-state index in [1.165, 1.54) is 0 Å². The molecule has 2 heterocycles. The number of benzene rings is 2. The molecular weight excluding hydrogens is 274 g/mol. The van der Waals surface area contributed by atoms with Crippen molar-refractivity contribution in [3.05, 3.63) is 66.2 Å². The Morgan fingerprint density at radius 2 is 1.95 bits per heavy atom. The van der Waals surface area contributed by atoms with Gasteiger partial charge in [-0.15, -0.1) is 0 Å². The minimum Gasteiger partial charge on any atom is -0.460 e. The molecule has 0 spiro atoms. The molecule has 22 heavy (non-hydrogen) atoms. The standard InChI is InChI=1S/C18H15N3O/c1-2-17-14(13-7-3-6-10-18(13)22-17)11-20-21-12-19-15-8-4-5-9-16(15)21/h3-12H,2H2,1H3/b20-11-. The van der Waals surface area contributed by atoms with Crippen LogP contribution < -0.4 is 0 Å². The fourth-order valence-electron chi connectivity index (χ4n) is 2.68. The van der Waals surface area contributed by atoms with Gasteiger partial charge in [0.15, 0.2) is 0 Å². The fourth-order valence-corrected chi connectivity index (χ4v) is 2.68. The molecule has 0 unspecified atom stereocenters. The van der Waals surface area contributed by atoms with E-state index in [1.54, 1.807) is 11.0 Å². The van der Waals surface area contributed by atoms with Gasteiger partial charge in [-0.2, -0.15) is 5.10 Å². The van der Waals surface area contributed by atoms with Crippen LogP contribution in [0.3, 0.4) is 0 Å². The molecule has 0 aliphatic carbocycles. The van der Waals surface area contributed by atoms with Crippen molar-refractivity contribution in [3.63, 3.8) is 0 Å². The number of aryl methyl sites for hydroxylation is 1. The van der Waals surface area contributed by atoms with Crippen LogP contribution in [-0.4, -0.2) is 15.9 Å². The van der Waals surface area contributed by atoms with Crippen molar-refractivity contribution in [2.24, 2.45) is 5.10 Å². The van der Waals surface area contributed by atoms with Crippen molar-refractivity contribution in [1.29, 1.82) is 0 Å². The summed E-state index contributed by atoms with van der Waals surface area (Å²) >= 11 is 0. The summed E-state index contributed by atoms with van der Waals surface area (Å²) in [4.78, 5) is 4.35. The maximum atomic E-state index is 5.89. The van der Waals surface area contributed by atoms with Crippen LogP contribution in [0.15, 0.2) is 64.4 Å². The van der Waals surface area contributed by atoms with Gasteiger partial charge in [0.25, 0.3) is 0 Å². The molecule has 0 atom stereocenters. The van der Waals surface area contributed by atoms with Crippen molar-refractivity contribution in [3.8, 4) is 0 Å². The maximum absolute atomic E-state index is 5.89. The lowest BCUT2D eigenvalue weighted by molar-refractivity contribution is 0.556. The highest BCUT2D eigenvalue weighted by Crippen LogP contribution is 2.25. The Morgan fingerprint density at radius 3 is 2.86 bits per heavy atom. The number of nitrogens with zero attached hydrogens (tertiary/aromatic N) is 3. The van der Waals surface area contributed by atoms with Gasteiger partial charge in [-0.05, 0) is 18.2 Å². The Labute approximate surface area is 127 Å². The molecule has 0 aliphatic rings. The molecule has 4 aromatic rings. The monoisotopic (exact) mass is 289 g/mol. The minimum atomic E-state index is 0.834. The Kier molecular flexibility index (Phi) is 3.00. The summed E-state index contributed by atoms with van der Waals surface area (Å²) in [5.41, 5.74) is 3.86. The van der Waals surface area contributed by atoms with Crippen LogP contribution in [0, 0.1) is 0 Å². The second kappa shape index (κ2) is 5.15. The molecule has 0 aliphatic heterocycles. The van der Waals surface area contributed by atoms with Crippen LogP contribution in [0.25, 0.3) is 22.0 Å². The quantitative estimate of drug-likeness (QED) is 0.530. The highest BCUT2D eigenvalue weighted by Gasteiger charge is 2.10. The molecule has 0 saturated carbocycles. The summed E-state index contributed by atoms with van der Waals surface area (Å²) in [6.45, 7) is 2.08. The lowest BCUT2D eigenvalue weighted by atomic mass is 10.1. The molecule has 2 aromatic heterocycles. The first-order valence-corrected chi connectivity index (χ1v) is 7.33. The highest BCUT2D eigenvalue weighted by atomic mass is 16.3. The summed E-state index contributed by atoms with van der Waals surface area (Å²) in [6.07, 6.45) is 4.43. The topological polar surface area (TPSA) is 43.3 Å². The van der Waals surface area contributed by atoms with E-state index in [2.05, 4.69) is 23.1 Å². The Bertz CT molecular complexity index is 978. The Morgan fingerprint density at radius 1 is 1.14 bits per heavy atom. The van der Waals surface area contributed by atoms with E-state index in [9.17, 15) is 0 Å². The number of para-hydroxylation sites is 3. The van der Waals surface area contributed by atoms with E-state index < -0.39 is 0 Å². The maximum Gasteiger partial charge on any atom is 0.134 e. The third-order valence-corrected chi connectivity index (χ3v) is 3.78. The molecule has 0 fully saturated rings.